The van der Waals surface area contributed by atoms with Crippen LogP contribution in [0.4, 0.5) is 0 Å². The lowest BCUT2D eigenvalue weighted by Crippen LogP contribution is -2.19. The highest BCUT2D eigenvalue weighted by atomic mass is 14.8. The molecule has 1 aromatic carbocycles. The van der Waals surface area contributed by atoms with E-state index < -0.39 is 0 Å². The Balaban J connectivity index is 2.02. The van der Waals surface area contributed by atoms with Gasteiger partial charge in [-0.3, -0.25) is 4.99 Å². The molecule has 0 amide bonds. The molecule has 0 heterocycles. The quantitative estimate of drug-likeness (QED) is 0.678. The highest BCUT2D eigenvalue weighted by Gasteiger charge is 2.19. The number of aliphatic imine (C=N–C) groups is 1. The first-order chi connectivity index (χ1) is 8.27. The van der Waals surface area contributed by atoms with Crippen molar-refractivity contribution < 1.29 is 0 Å². The molecule has 0 bridgehead atoms. The number of benzene rings is 1. The maximum Gasteiger partial charge on any atom is 0.0503 e. The standard InChI is InChI=1S/C16H23N/c1-13(15-9-5-3-6-10-15)17-14(2)16-11-7-4-8-12-16/h3,5-6,9-10,14,16H,4,7-8,11-12H2,1-2H3/t14-/m1/s1. The molecule has 0 saturated heterocycles. The van der Waals surface area contributed by atoms with Crippen LogP contribution in [0.2, 0.25) is 0 Å². The average molecular weight is 229 g/mol. The molecule has 1 aliphatic rings. The third kappa shape index (κ3) is 3.42. The van der Waals surface area contributed by atoms with Crippen molar-refractivity contribution in [2.24, 2.45) is 10.9 Å². The van der Waals surface area contributed by atoms with Gasteiger partial charge < -0.3 is 0 Å². The summed E-state index contributed by atoms with van der Waals surface area (Å²) in [4.78, 5) is 4.89. The summed E-state index contributed by atoms with van der Waals surface area (Å²) in [5.74, 6) is 0.808. The molecular formula is C16H23N. The molecule has 1 aromatic rings. The van der Waals surface area contributed by atoms with Crippen LogP contribution in [-0.4, -0.2) is 11.8 Å². The van der Waals surface area contributed by atoms with Gasteiger partial charge in [0, 0.05) is 5.71 Å². The molecule has 1 atom stereocenters. The molecule has 0 aliphatic heterocycles. The van der Waals surface area contributed by atoms with Crippen molar-refractivity contribution in [1.29, 1.82) is 0 Å². The second kappa shape index (κ2) is 6.00. The molecule has 92 valence electrons. The number of nitrogens with zero attached hydrogens (tertiary/aromatic N) is 1. The van der Waals surface area contributed by atoms with Crippen molar-refractivity contribution in [3.63, 3.8) is 0 Å². The summed E-state index contributed by atoms with van der Waals surface area (Å²) in [5, 5.41) is 0. The summed E-state index contributed by atoms with van der Waals surface area (Å²) >= 11 is 0. The molecular weight excluding hydrogens is 206 g/mol. The van der Waals surface area contributed by atoms with E-state index >= 15 is 0 Å². The van der Waals surface area contributed by atoms with Gasteiger partial charge in [-0.15, -0.1) is 0 Å². The van der Waals surface area contributed by atoms with E-state index in [9.17, 15) is 0 Å². The molecule has 1 aliphatic carbocycles. The molecule has 1 saturated carbocycles. The van der Waals surface area contributed by atoms with Crippen molar-refractivity contribution in [3.8, 4) is 0 Å². The minimum Gasteiger partial charge on any atom is -0.286 e. The summed E-state index contributed by atoms with van der Waals surface area (Å²) in [6, 6.07) is 11.0. The van der Waals surface area contributed by atoms with Gasteiger partial charge in [-0.2, -0.15) is 0 Å². The highest BCUT2D eigenvalue weighted by Crippen LogP contribution is 2.28. The predicted octanol–water partition coefficient (Wildman–Crippen LogP) is 4.46. The summed E-state index contributed by atoms with van der Waals surface area (Å²) in [6.07, 6.45) is 6.95. The second-order valence-electron chi connectivity index (χ2n) is 5.22. The van der Waals surface area contributed by atoms with Gasteiger partial charge in [0.05, 0.1) is 6.04 Å². The predicted molar refractivity (Wildman–Crippen MR) is 74.7 cm³/mol. The van der Waals surface area contributed by atoms with Gasteiger partial charge in [0.1, 0.15) is 0 Å². The van der Waals surface area contributed by atoms with E-state index in [0.717, 1.165) is 5.92 Å². The van der Waals surface area contributed by atoms with E-state index in [1.54, 1.807) is 0 Å². The van der Waals surface area contributed by atoms with Crippen LogP contribution in [0, 0.1) is 5.92 Å². The van der Waals surface area contributed by atoms with E-state index in [-0.39, 0.29) is 0 Å². The molecule has 0 spiro atoms. The van der Waals surface area contributed by atoms with Crippen molar-refractivity contribution in [3.05, 3.63) is 35.9 Å². The number of hydrogen-bond donors (Lipinski definition) is 0. The summed E-state index contributed by atoms with van der Waals surface area (Å²) < 4.78 is 0. The van der Waals surface area contributed by atoms with Crippen molar-refractivity contribution >= 4 is 5.71 Å². The second-order valence-corrected chi connectivity index (χ2v) is 5.22. The van der Waals surface area contributed by atoms with Crippen LogP contribution in [0.5, 0.6) is 0 Å². The van der Waals surface area contributed by atoms with Gasteiger partial charge in [0.2, 0.25) is 0 Å². The van der Waals surface area contributed by atoms with E-state index in [2.05, 4.69) is 44.2 Å². The maximum atomic E-state index is 4.89. The third-order valence-electron chi connectivity index (χ3n) is 3.92. The van der Waals surface area contributed by atoms with Crippen LogP contribution in [0.15, 0.2) is 35.3 Å². The van der Waals surface area contributed by atoms with Crippen LogP contribution in [0.25, 0.3) is 0 Å². The Morgan fingerprint density at radius 3 is 2.41 bits per heavy atom. The summed E-state index contributed by atoms with van der Waals surface area (Å²) in [7, 11) is 0. The van der Waals surface area contributed by atoms with E-state index in [1.165, 1.54) is 43.4 Å². The fraction of sp³-hybridized carbons (Fsp3) is 0.562. The summed E-state index contributed by atoms with van der Waals surface area (Å²) in [6.45, 7) is 4.41. The topological polar surface area (TPSA) is 12.4 Å². The Morgan fingerprint density at radius 2 is 1.76 bits per heavy atom. The molecule has 17 heavy (non-hydrogen) atoms. The van der Waals surface area contributed by atoms with Crippen molar-refractivity contribution in [2.45, 2.75) is 52.0 Å². The van der Waals surface area contributed by atoms with Crippen LogP contribution in [0.1, 0.15) is 51.5 Å². The van der Waals surface area contributed by atoms with Gasteiger partial charge >= 0.3 is 0 Å². The van der Waals surface area contributed by atoms with Gasteiger partial charge in [-0.1, -0.05) is 49.6 Å². The Hall–Kier alpha value is -1.11. The molecule has 0 radical (unpaired) electrons. The minimum absolute atomic E-state index is 0.482. The normalized spacial score (nSPS) is 20.2. The highest BCUT2D eigenvalue weighted by molar-refractivity contribution is 5.98. The Kier molecular flexibility index (Phi) is 4.36. The third-order valence-corrected chi connectivity index (χ3v) is 3.92. The van der Waals surface area contributed by atoms with Crippen LogP contribution in [-0.2, 0) is 0 Å². The molecule has 0 aromatic heterocycles. The Bertz CT molecular complexity index is 360. The van der Waals surface area contributed by atoms with Crippen LogP contribution >= 0.6 is 0 Å². The molecule has 1 nitrogen and oxygen atoms in total. The van der Waals surface area contributed by atoms with Gasteiger partial charge in [-0.05, 0) is 38.2 Å². The zero-order valence-electron chi connectivity index (χ0n) is 11.0. The van der Waals surface area contributed by atoms with Crippen molar-refractivity contribution in [2.75, 3.05) is 0 Å². The molecule has 1 heteroatoms. The van der Waals surface area contributed by atoms with Gasteiger partial charge in [0.15, 0.2) is 0 Å². The fourth-order valence-electron chi connectivity index (χ4n) is 2.78. The number of hydrogen-bond acceptors (Lipinski definition) is 1. The summed E-state index contributed by atoms with van der Waals surface area (Å²) in [5.41, 5.74) is 2.44. The first kappa shape index (κ1) is 12.3. The first-order valence-electron chi connectivity index (χ1n) is 6.87. The van der Waals surface area contributed by atoms with Crippen molar-refractivity contribution in [1.82, 2.24) is 0 Å². The first-order valence-corrected chi connectivity index (χ1v) is 6.87. The lowest BCUT2D eigenvalue weighted by molar-refractivity contribution is 0.318. The molecule has 2 rings (SSSR count). The molecule has 1 fully saturated rings. The average Bonchev–Trinajstić information content (AvgIpc) is 2.40. The maximum absolute atomic E-state index is 4.89. The smallest absolute Gasteiger partial charge is 0.0503 e. The van der Waals surface area contributed by atoms with E-state index in [0.29, 0.717) is 6.04 Å². The Labute approximate surface area is 105 Å². The van der Waals surface area contributed by atoms with Gasteiger partial charge in [-0.25, -0.2) is 0 Å². The number of rotatable bonds is 3. The Morgan fingerprint density at radius 1 is 1.12 bits per heavy atom. The van der Waals surface area contributed by atoms with E-state index in [4.69, 9.17) is 4.99 Å². The monoisotopic (exact) mass is 229 g/mol. The largest absolute Gasteiger partial charge is 0.286 e. The van der Waals surface area contributed by atoms with Crippen LogP contribution < -0.4 is 0 Å². The fourth-order valence-corrected chi connectivity index (χ4v) is 2.78. The lowest BCUT2D eigenvalue weighted by atomic mass is 9.85. The van der Waals surface area contributed by atoms with Gasteiger partial charge in [0.25, 0.3) is 0 Å². The zero-order valence-corrected chi connectivity index (χ0v) is 11.0. The van der Waals surface area contributed by atoms with Crippen LogP contribution in [0.3, 0.4) is 0 Å². The molecule has 0 unspecified atom stereocenters. The lowest BCUT2D eigenvalue weighted by Gasteiger charge is -2.25. The zero-order chi connectivity index (χ0) is 12.1. The molecule has 0 N–H and O–H groups in total. The SMILES string of the molecule is CC(=N[C@H](C)C1CCCCC1)c1ccccc1. The minimum atomic E-state index is 0.482. The van der Waals surface area contributed by atoms with E-state index in [1.807, 2.05) is 0 Å².